The van der Waals surface area contributed by atoms with E-state index in [1.807, 2.05) is 41.8 Å². The number of benzene rings is 1. The highest BCUT2D eigenvalue weighted by Crippen LogP contribution is 2.18. The third kappa shape index (κ3) is 3.61. The molecule has 126 valence electrons. The van der Waals surface area contributed by atoms with Gasteiger partial charge in [-0.25, -0.2) is 4.98 Å². The second-order valence-corrected chi connectivity index (χ2v) is 5.71. The van der Waals surface area contributed by atoms with Crippen molar-refractivity contribution in [2.75, 3.05) is 0 Å². The van der Waals surface area contributed by atoms with E-state index in [0.29, 0.717) is 17.9 Å². The summed E-state index contributed by atoms with van der Waals surface area (Å²) in [5.41, 5.74) is 3.09. The molecule has 3 aromatic rings. The van der Waals surface area contributed by atoms with Gasteiger partial charge in [0.25, 0.3) is 5.91 Å². The van der Waals surface area contributed by atoms with Gasteiger partial charge in [0.2, 0.25) is 0 Å². The molecule has 0 fully saturated rings. The maximum atomic E-state index is 12.2. The van der Waals surface area contributed by atoms with Crippen LogP contribution < -0.4 is 10.1 Å². The van der Waals surface area contributed by atoms with Crippen molar-refractivity contribution in [1.82, 2.24) is 14.7 Å². The molecule has 6 heteroatoms. The molecule has 1 aromatic carbocycles. The van der Waals surface area contributed by atoms with Crippen molar-refractivity contribution in [2.45, 2.75) is 26.5 Å². The second-order valence-electron chi connectivity index (χ2n) is 5.71. The van der Waals surface area contributed by atoms with Crippen molar-refractivity contribution >= 4 is 11.6 Å². The standard InChI is InChI=1S/C19H18N4O2/c1-13-6-5-9-18-22-16(12-23(13)18)11-21-19(24)14(2)25-17-8-4-3-7-15(17)10-20/h3-9,12,14H,11H2,1-2H3,(H,21,24). The average molecular weight is 334 g/mol. The smallest absolute Gasteiger partial charge is 0.261 e. The Morgan fingerprint density at radius 2 is 2.12 bits per heavy atom. The van der Waals surface area contributed by atoms with E-state index in [9.17, 15) is 4.79 Å². The number of pyridine rings is 1. The summed E-state index contributed by atoms with van der Waals surface area (Å²) in [6.45, 7) is 3.96. The molecule has 0 aliphatic heterocycles. The van der Waals surface area contributed by atoms with Crippen molar-refractivity contribution in [3.05, 3.63) is 65.6 Å². The maximum absolute atomic E-state index is 12.2. The highest BCUT2D eigenvalue weighted by atomic mass is 16.5. The van der Waals surface area contributed by atoms with Gasteiger partial charge in [0.15, 0.2) is 6.10 Å². The molecular formula is C19H18N4O2. The normalized spacial score (nSPS) is 11.7. The van der Waals surface area contributed by atoms with Crippen LogP contribution in [0.4, 0.5) is 0 Å². The molecule has 0 aliphatic carbocycles. The fraction of sp³-hybridized carbons (Fsp3) is 0.211. The molecule has 2 aromatic heterocycles. The molecule has 1 unspecified atom stereocenters. The second kappa shape index (κ2) is 7.05. The molecule has 0 saturated heterocycles. The van der Waals surface area contributed by atoms with Gasteiger partial charge in [0.05, 0.1) is 17.8 Å². The molecule has 1 amide bonds. The summed E-state index contributed by atoms with van der Waals surface area (Å²) in [6, 6.07) is 14.8. The number of aromatic nitrogens is 2. The highest BCUT2D eigenvalue weighted by molar-refractivity contribution is 5.80. The number of rotatable bonds is 5. The fourth-order valence-electron chi connectivity index (χ4n) is 2.51. The molecule has 0 radical (unpaired) electrons. The van der Waals surface area contributed by atoms with E-state index in [-0.39, 0.29) is 5.91 Å². The Bertz CT molecular complexity index is 955. The lowest BCUT2D eigenvalue weighted by Gasteiger charge is -2.15. The molecule has 6 nitrogen and oxygen atoms in total. The van der Waals surface area contributed by atoms with Crippen LogP contribution in [0.3, 0.4) is 0 Å². The number of carbonyl (C=O) groups is 1. The predicted octanol–water partition coefficient (Wildman–Crippen LogP) is 2.60. The molecule has 0 saturated carbocycles. The van der Waals surface area contributed by atoms with Crippen LogP contribution in [0.1, 0.15) is 23.9 Å². The van der Waals surface area contributed by atoms with E-state index in [1.54, 1.807) is 31.2 Å². The largest absolute Gasteiger partial charge is 0.480 e. The van der Waals surface area contributed by atoms with E-state index < -0.39 is 6.10 Å². The molecule has 25 heavy (non-hydrogen) atoms. The third-order valence-electron chi connectivity index (χ3n) is 3.87. The lowest BCUT2D eigenvalue weighted by atomic mass is 10.2. The number of carbonyl (C=O) groups excluding carboxylic acids is 1. The van der Waals surface area contributed by atoms with Gasteiger partial charge in [-0.2, -0.15) is 5.26 Å². The number of fused-ring (bicyclic) bond motifs is 1. The Kier molecular flexibility index (Phi) is 4.66. The molecule has 1 N–H and O–H groups in total. The molecule has 2 heterocycles. The summed E-state index contributed by atoms with van der Waals surface area (Å²) < 4.78 is 7.58. The van der Waals surface area contributed by atoms with Crippen LogP contribution in [0.15, 0.2) is 48.7 Å². The topological polar surface area (TPSA) is 79.4 Å². The number of nitrogens with one attached hydrogen (secondary N) is 1. The fourth-order valence-corrected chi connectivity index (χ4v) is 2.51. The van der Waals surface area contributed by atoms with Gasteiger partial charge in [0.1, 0.15) is 17.5 Å². The number of para-hydroxylation sites is 1. The highest BCUT2D eigenvalue weighted by Gasteiger charge is 2.16. The lowest BCUT2D eigenvalue weighted by Crippen LogP contribution is -2.36. The lowest BCUT2D eigenvalue weighted by molar-refractivity contribution is -0.127. The Hall–Kier alpha value is -3.33. The Balaban J connectivity index is 1.63. The average Bonchev–Trinajstić information content (AvgIpc) is 3.04. The maximum Gasteiger partial charge on any atom is 0.261 e. The van der Waals surface area contributed by atoms with Crippen LogP contribution in [-0.4, -0.2) is 21.4 Å². The molecular weight excluding hydrogens is 316 g/mol. The molecule has 0 spiro atoms. The van der Waals surface area contributed by atoms with E-state index in [4.69, 9.17) is 10.00 Å². The minimum absolute atomic E-state index is 0.262. The van der Waals surface area contributed by atoms with Crippen molar-refractivity contribution in [3.63, 3.8) is 0 Å². The van der Waals surface area contributed by atoms with Gasteiger partial charge in [-0.3, -0.25) is 4.79 Å². The van der Waals surface area contributed by atoms with E-state index >= 15 is 0 Å². The summed E-state index contributed by atoms with van der Waals surface area (Å²) in [7, 11) is 0. The van der Waals surface area contributed by atoms with Gasteiger partial charge in [-0.1, -0.05) is 18.2 Å². The molecule has 0 bridgehead atoms. The number of hydrogen-bond donors (Lipinski definition) is 1. The van der Waals surface area contributed by atoms with Crippen LogP contribution in [0.25, 0.3) is 5.65 Å². The first kappa shape index (κ1) is 16.5. The number of aryl methyl sites for hydroxylation is 1. The summed E-state index contributed by atoms with van der Waals surface area (Å²) in [5, 5.41) is 11.9. The molecule has 0 aliphatic rings. The van der Waals surface area contributed by atoms with Crippen molar-refractivity contribution in [3.8, 4) is 11.8 Å². The van der Waals surface area contributed by atoms with Crippen LogP contribution in [-0.2, 0) is 11.3 Å². The van der Waals surface area contributed by atoms with Crippen LogP contribution >= 0.6 is 0 Å². The van der Waals surface area contributed by atoms with Crippen molar-refractivity contribution in [2.24, 2.45) is 0 Å². The number of nitrogens with zero attached hydrogens (tertiary/aromatic N) is 3. The van der Waals surface area contributed by atoms with Crippen LogP contribution in [0, 0.1) is 18.3 Å². The quantitative estimate of drug-likeness (QED) is 0.778. The first-order valence-corrected chi connectivity index (χ1v) is 7.95. The summed E-state index contributed by atoms with van der Waals surface area (Å²) in [4.78, 5) is 16.7. The van der Waals surface area contributed by atoms with Crippen molar-refractivity contribution in [1.29, 1.82) is 5.26 Å². The van der Waals surface area contributed by atoms with E-state index in [0.717, 1.165) is 17.0 Å². The van der Waals surface area contributed by atoms with Gasteiger partial charge >= 0.3 is 0 Å². The number of amides is 1. The first-order chi connectivity index (χ1) is 12.1. The summed E-state index contributed by atoms with van der Waals surface area (Å²) in [5.74, 6) is 0.137. The minimum Gasteiger partial charge on any atom is -0.480 e. The third-order valence-corrected chi connectivity index (χ3v) is 3.87. The zero-order valence-electron chi connectivity index (χ0n) is 14.1. The summed E-state index contributed by atoms with van der Waals surface area (Å²) >= 11 is 0. The number of imidazole rings is 1. The van der Waals surface area contributed by atoms with E-state index in [1.165, 1.54) is 0 Å². The SMILES string of the molecule is Cc1cccc2nc(CNC(=O)C(C)Oc3ccccc3C#N)cn12. The minimum atomic E-state index is -0.715. The monoisotopic (exact) mass is 334 g/mol. The van der Waals surface area contributed by atoms with E-state index in [2.05, 4.69) is 10.3 Å². The zero-order chi connectivity index (χ0) is 17.8. The van der Waals surface area contributed by atoms with Crippen LogP contribution in [0.2, 0.25) is 0 Å². The molecule has 1 atom stereocenters. The Labute approximate surface area is 145 Å². The number of nitriles is 1. The first-order valence-electron chi connectivity index (χ1n) is 7.95. The predicted molar refractivity (Wildman–Crippen MR) is 93.0 cm³/mol. The number of hydrogen-bond acceptors (Lipinski definition) is 4. The van der Waals surface area contributed by atoms with Crippen molar-refractivity contribution < 1.29 is 9.53 Å². The molecule has 3 rings (SSSR count). The van der Waals surface area contributed by atoms with Gasteiger partial charge in [0, 0.05) is 11.9 Å². The van der Waals surface area contributed by atoms with Gasteiger partial charge < -0.3 is 14.5 Å². The summed E-state index contributed by atoms with van der Waals surface area (Å²) in [6.07, 6.45) is 1.19. The van der Waals surface area contributed by atoms with Gasteiger partial charge in [-0.05, 0) is 38.1 Å². The van der Waals surface area contributed by atoms with Crippen LogP contribution in [0.5, 0.6) is 5.75 Å². The Morgan fingerprint density at radius 3 is 2.88 bits per heavy atom. The Morgan fingerprint density at radius 1 is 1.32 bits per heavy atom. The zero-order valence-corrected chi connectivity index (χ0v) is 14.1. The number of ether oxygens (including phenoxy) is 1. The van der Waals surface area contributed by atoms with Gasteiger partial charge in [-0.15, -0.1) is 0 Å².